The van der Waals surface area contributed by atoms with Crippen molar-refractivity contribution in [3.8, 4) is 0 Å². The molecule has 2 aromatic heterocycles. The van der Waals surface area contributed by atoms with Crippen molar-refractivity contribution >= 4 is 11.6 Å². The standard InChI is InChI=1S/C28H32F2N6O2/c1-17(36-12-27(2,30)13-36)19-9-22(18-7-8-18)33-23(10-19)26(37)32-21-6-4-5-20(11-21)28(14-38-15-28)24(29)25-34-31-16-35(25)3/h4-6,9-11,16-18,24H,7-8,12-15H2,1-3H3,(H,32,37)/t17-,24?/m0/s1. The zero-order valence-electron chi connectivity index (χ0n) is 21.8. The molecule has 2 atom stereocenters. The summed E-state index contributed by atoms with van der Waals surface area (Å²) in [6, 6.07) is 11.1. The number of carbonyl (C=O) groups excluding carboxylic acids is 1. The lowest BCUT2D eigenvalue weighted by atomic mass is 9.74. The maximum Gasteiger partial charge on any atom is 0.274 e. The molecular formula is C28H32F2N6O2. The van der Waals surface area contributed by atoms with Crippen molar-refractivity contribution in [3.63, 3.8) is 0 Å². The number of anilines is 1. The second-order valence-electron chi connectivity index (χ2n) is 11.3. The van der Waals surface area contributed by atoms with Crippen LogP contribution in [0.3, 0.4) is 0 Å². The molecular weight excluding hydrogens is 490 g/mol. The second kappa shape index (κ2) is 9.20. The maximum absolute atomic E-state index is 15.7. The summed E-state index contributed by atoms with van der Waals surface area (Å²) < 4.78 is 36.9. The molecule has 0 bridgehead atoms. The third-order valence-electron chi connectivity index (χ3n) is 8.06. The molecule has 3 fully saturated rings. The van der Waals surface area contributed by atoms with Gasteiger partial charge in [0.15, 0.2) is 12.0 Å². The van der Waals surface area contributed by atoms with Gasteiger partial charge in [-0.3, -0.25) is 9.69 Å². The largest absolute Gasteiger partial charge is 0.379 e. The summed E-state index contributed by atoms with van der Waals surface area (Å²) in [4.78, 5) is 20.1. The number of hydrogen-bond donors (Lipinski definition) is 1. The molecule has 1 aliphatic carbocycles. The lowest BCUT2D eigenvalue weighted by Crippen LogP contribution is -2.57. The molecule has 1 unspecified atom stereocenters. The number of nitrogens with zero attached hydrogens (tertiary/aromatic N) is 5. The van der Waals surface area contributed by atoms with Crippen molar-refractivity contribution < 1.29 is 18.3 Å². The molecule has 1 saturated carbocycles. The van der Waals surface area contributed by atoms with E-state index < -0.39 is 17.3 Å². The third kappa shape index (κ3) is 4.49. The van der Waals surface area contributed by atoms with Gasteiger partial charge in [0.25, 0.3) is 5.91 Å². The Hall–Kier alpha value is -3.24. The van der Waals surface area contributed by atoms with E-state index in [2.05, 4.69) is 31.5 Å². The molecule has 4 heterocycles. The van der Waals surface area contributed by atoms with Crippen LogP contribution in [0, 0.1) is 0 Å². The quantitative estimate of drug-likeness (QED) is 0.471. The number of ether oxygens (including phenoxy) is 1. The number of alkyl halides is 2. The summed E-state index contributed by atoms with van der Waals surface area (Å²) in [5, 5.41) is 10.7. The van der Waals surface area contributed by atoms with E-state index in [0.717, 1.165) is 29.7 Å². The number of hydrogen-bond acceptors (Lipinski definition) is 6. The molecule has 38 heavy (non-hydrogen) atoms. The number of rotatable bonds is 8. The summed E-state index contributed by atoms with van der Waals surface area (Å²) in [7, 11) is 1.71. The molecule has 10 heteroatoms. The number of nitrogens with one attached hydrogen (secondary N) is 1. The van der Waals surface area contributed by atoms with Gasteiger partial charge >= 0.3 is 0 Å². The Morgan fingerprint density at radius 2 is 1.97 bits per heavy atom. The molecule has 2 saturated heterocycles. The Bertz CT molecular complexity index is 1360. The number of halogens is 2. The minimum Gasteiger partial charge on any atom is -0.379 e. The van der Waals surface area contributed by atoms with Crippen molar-refractivity contribution in [2.24, 2.45) is 7.05 Å². The number of benzene rings is 1. The molecule has 1 N–H and O–H groups in total. The van der Waals surface area contributed by atoms with Crippen LogP contribution in [0.5, 0.6) is 0 Å². The van der Waals surface area contributed by atoms with E-state index >= 15 is 4.39 Å². The smallest absolute Gasteiger partial charge is 0.274 e. The van der Waals surface area contributed by atoms with E-state index in [0.29, 0.717) is 30.4 Å². The van der Waals surface area contributed by atoms with Crippen molar-refractivity contribution in [2.75, 3.05) is 31.6 Å². The van der Waals surface area contributed by atoms with Gasteiger partial charge in [0, 0.05) is 43.5 Å². The fraction of sp³-hybridized carbons (Fsp3) is 0.500. The van der Waals surface area contributed by atoms with Gasteiger partial charge in [0.05, 0.1) is 18.6 Å². The first-order chi connectivity index (χ1) is 18.1. The average Bonchev–Trinajstić information content (AvgIpc) is 3.61. The first-order valence-electron chi connectivity index (χ1n) is 13.1. The second-order valence-corrected chi connectivity index (χ2v) is 11.3. The van der Waals surface area contributed by atoms with E-state index in [9.17, 15) is 9.18 Å². The van der Waals surface area contributed by atoms with Crippen LogP contribution in [0.1, 0.15) is 78.0 Å². The lowest BCUT2D eigenvalue weighted by molar-refractivity contribution is -0.102. The predicted octanol–water partition coefficient (Wildman–Crippen LogP) is 4.42. The highest BCUT2D eigenvalue weighted by Gasteiger charge is 2.50. The van der Waals surface area contributed by atoms with E-state index in [1.807, 2.05) is 13.0 Å². The van der Waals surface area contributed by atoms with Crippen LogP contribution in [0.4, 0.5) is 14.5 Å². The lowest BCUT2D eigenvalue weighted by Gasteiger charge is -2.46. The molecule has 3 aromatic rings. The minimum atomic E-state index is -1.41. The first kappa shape index (κ1) is 25.1. The minimum absolute atomic E-state index is 0.0187. The molecule has 3 aliphatic rings. The molecule has 200 valence electrons. The monoisotopic (exact) mass is 522 g/mol. The van der Waals surface area contributed by atoms with Gasteiger partial charge in [-0.2, -0.15) is 0 Å². The Balaban J connectivity index is 1.24. The Labute approximate surface area is 220 Å². The van der Waals surface area contributed by atoms with Crippen LogP contribution in [-0.4, -0.2) is 62.5 Å². The van der Waals surface area contributed by atoms with E-state index in [-0.39, 0.29) is 31.0 Å². The van der Waals surface area contributed by atoms with Crippen molar-refractivity contribution in [3.05, 3.63) is 71.1 Å². The van der Waals surface area contributed by atoms with Gasteiger partial charge in [0.1, 0.15) is 17.7 Å². The van der Waals surface area contributed by atoms with Crippen LogP contribution in [-0.2, 0) is 17.2 Å². The molecule has 0 spiro atoms. The molecule has 0 radical (unpaired) electrons. The normalized spacial score (nSPS) is 21.7. The first-order valence-corrected chi connectivity index (χ1v) is 13.1. The van der Waals surface area contributed by atoms with Crippen LogP contribution in [0.25, 0.3) is 0 Å². The Morgan fingerprint density at radius 3 is 2.58 bits per heavy atom. The van der Waals surface area contributed by atoms with E-state index in [4.69, 9.17) is 4.74 Å². The SMILES string of the molecule is C[C@@H](c1cc(C(=O)Nc2cccc(C3(C(F)c4nncn4C)COC3)c2)nc(C2CC2)c1)N1CC(C)(F)C1. The highest BCUT2D eigenvalue weighted by molar-refractivity contribution is 6.03. The van der Waals surface area contributed by atoms with Crippen molar-refractivity contribution in [1.29, 1.82) is 0 Å². The number of amides is 1. The zero-order valence-corrected chi connectivity index (χ0v) is 21.8. The predicted molar refractivity (Wildman–Crippen MR) is 137 cm³/mol. The molecule has 6 rings (SSSR count). The van der Waals surface area contributed by atoms with Gasteiger partial charge in [-0.05, 0) is 62.1 Å². The summed E-state index contributed by atoms with van der Waals surface area (Å²) >= 11 is 0. The number of likely N-dealkylation sites (tertiary alicyclic amines) is 1. The molecule has 2 aliphatic heterocycles. The average molecular weight is 523 g/mol. The Morgan fingerprint density at radius 1 is 1.21 bits per heavy atom. The summed E-state index contributed by atoms with van der Waals surface area (Å²) in [6.45, 7) is 4.82. The molecule has 1 amide bonds. The molecule has 1 aromatic carbocycles. The van der Waals surface area contributed by atoms with Crippen LogP contribution >= 0.6 is 0 Å². The third-order valence-corrected chi connectivity index (χ3v) is 8.06. The fourth-order valence-corrected chi connectivity index (χ4v) is 5.46. The number of pyridine rings is 1. The van der Waals surface area contributed by atoms with Gasteiger partial charge in [0.2, 0.25) is 0 Å². The zero-order chi connectivity index (χ0) is 26.7. The molecule has 8 nitrogen and oxygen atoms in total. The van der Waals surface area contributed by atoms with Crippen LogP contribution in [0.15, 0.2) is 42.7 Å². The van der Waals surface area contributed by atoms with E-state index in [1.54, 1.807) is 42.8 Å². The van der Waals surface area contributed by atoms with Crippen LogP contribution < -0.4 is 5.32 Å². The van der Waals surface area contributed by atoms with E-state index in [1.165, 1.54) is 6.33 Å². The van der Waals surface area contributed by atoms with Gasteiger partial charge in [-0.1, -0.05) is 12.1 Å². The maximum atomic E-state index is 15.7. The summed E-state index contributed by atoms with van der Waals surface area (Å²) in [6.07, 6.45) is 2.17. The Kier molecular flexibility index (Phi) is 6.07. The van der Waals surface area contributed by atoms with Gasteiger partial charge < -0.3 is 14.6 Å². The van der Waals surface area contributed by atoms with Crippen LogP contribution in [0.2, 0.25) is 0 Å². The highest BCUT2D eigenvalue weighted by Crippen LogP contribution is 2.46. The van der Waals surface area contributed by atoms with Crippen molar-refractivity contribution in [2.45, 2.75) is 55.9 Å². The fourth-order valence-electron chi connectivity index (χ4n) is 5.46. The number of aryl methyl sites for hydroxylation is 1. The summed E-state index contributed by atoms with van der Waals surface area (Å²) in [5.41, 5.74) is 1.40. The topological polar surface area (TPSA) is 85.2 Å². The summed E-state index contributed by atoms with van der Waals surface area (Å²) in [5.74, 6) is 0.266. The van der Waals surface area contributed by atoms with Gasteiger partial charge in [-0.25, -0.2) is 13.8 Å². The number of carbonyl (C=O) groups is 1. The van der Waals surface area contributed by atoms with Crippen molar-refractivity contribution in [1.82, 2.24) is 24.6 Å². The van der Waals surface area contributed by atoms with Gasteiger partial charge in [-0.15, -0.1) is 10.2 Å². The highest BCUT2D eigenvalue weighted by atomic mass is 19.1. The number of aromatic nitrogens is 4.